The van der Waals surface area contributed by atoms with E-state index in [0.717, 1.165) is 10.6 Å². The van der Waals surface area contributed by atoms with Crippen LogP contribution in [0.25, 0.3) is 0 Å². The van der Waals surface area contributed by atoms with Crippen molar-refractivity contribution in [2.24, 2.45) is 0 Å². The van der Waals surface area contributed by atoms with Gasteiger partial charge < -0.3 is 19.7 Å². The lowest BCUT2D eigenvalue weighted by atomic mass is 10.1. The van der Waals surface area contributed by atoms with Gasteiger partial charge in [-0.05, 0) is 57.5 Å². The molecule has 0 saturated carbocycles. The van der Waals surface area contributed by atoms with Crippen molar-refractivity contribution in [3.8, 4) is 11.5 Å². The molecule has 0 heterocycles. The molecule has 0 aliphatic heterocycles. The Kier molecular flexibility index (Phi) is 9.62. The van der Waals surface area contributed by atoms with Gasteiger partial charge in [0.05, 0.1) is 26.2 Å². The summed E-state index contributed by atoms with van der Waals surface area (Å²) in [7, 11) is -0.982. The van der Waals surface area contributed by atoms with Crippen LogP contribution in [0.1, 0.15) is 33.3 Å². The fourth-order valence-electron chi connectivity index (χ4n) is 3.48. The smallest absolute Gasteiger partial charge is 0.244 e. The average Bonchev–Trinajstić information content (AvgIpc) is 2.78. The predicted molar refractivity (Wildman–Crippen MR) is 141 cm³/mol. The second-order valence-corrected chi connectivity index (χ2v) is 11.7. The van der Waals surface area contributed by atoms with E-state index in [4.69, 9.17) is 21.1 Å². The molecule has 0 radical (unpaired) electrons. The molecule has 0 bridgehead atoms. The van der Waals surface area contributed by atoms with Gasteiger partial charge in [-0.25, -0.2) is 8.42 Å². The number of ether oxygens (including phenoxy) is 2. The number of anilines is 1. The molecule has 0 unspecified atom stereocenters. The number of benzene rings is 2. The van der Waals surface area contributed by atoms with Gasteiger partial charge in [0.2, 0.25) is 21.8 Å². The fraction of sp³-hybridized carbons (Fsp3) is 0.440. The summed E-state index contributed by atoms with van der Waals surface area (Å²) in [4.78, 5) is 27.9. The Balaban J connectivity index is 2.46. The molecule has 2 rings (SSSR count). The first-order valence-electron chi connectivity index (χ1n) is 11.2. The van der Waals surface area contributed by atoms with Crippen LogP contribution in [0.2, 0.25) is 5.02 Å². The summed E-state index contributed by atoms with van der Waals surface area (Å²) in [6, 6.07) is 10.6. The number of methoxy groups -OCH3 is 2. The number of nitrogens with one attached hydrogen (secondary N) is 1. The van der Waals surface area contributed by atoms with Crippen molar-refractivity contribution in [3.63, 3.8) is 0 Å². The summed E-state index contributed by atoms with van der Waals surface area (Å²) in [5.41, 5.74) is 0.399. The summed E-state index contributed by atoms with van der Waals surface area (Å²) in [5.74, 6) is -0.206. The van der Waals surface area contributed by atoms with Gasteiger partial charge in [-0.2, -0.15) is 0 Å². The quantitative estimate of drug-likeness (QED) is 0.496. The molecule has 2 aromatic carbocycles. The summed E-state index contributed by atoms with van der Waals surface area (Å²) >= 11 is 6.12. The molecule has 0 fully saturated rings. The van der Waals surface area contributed by atoms with E-state index in [9.17, 15) is 18.0 Å². The van der Waals surface area contributed by atoms with Crippen molar-refractivity contribution in [2.75, 3.05) is 31.3 Å². The summed E-state index contributed by atoms with van der Waals surface area (Å²) < 4.78 is 36.9. The molecule has 1 N–H and O–H groups in total. The Morgan fingerprint density at radius 2 is 1.69 bits per heavy atom. The summed E-state index contributed by atoms with van der Waals surface area (Å²) in [5, 5.41) is 3.35. The molecule has 36 heavy (non-hydrogen) atoms. The number of sulfonamides is 1. The van der Waals surface area contributed by atoms with Crippen LogP contribution in [0.4, 0.5) is 5.69 Å². The monoisotopic (exact) mass is 539 g/mol. The molecule has 2 aromatic rings. The van der Waals surface area contributed by atoms with Gasteiger partial charge >= 0.3 is 0 Å². The molecule has 1 atom stereocenters. The van der Waals surface area contributed by atoms with Crippen LogP contribution in [-0.4, -0.2) is 63.7 Å². The van der Waals surface area contributed by atoms with Crippen molar-refractivity contribution in [3.05, 3.63) is 53.1 Å². The molecule has 2 amide bonds. The number of amides is 2. The predicted octanol–water partition coefficient (Wildman–Crippen LogP) is 3.46. The number of carbonyl (C=O) groups excluding carboxylic acids is 2. The Morgan fingerprint density at radius 3 is 2.22 bits per heavy atom. The topological polar surface area (TPSA) is 105 Å². The highest BCUT2D eigenvalue weighted by molar-refractivity contribution is 7.92. The number of hydrogen-bond donors (Lipinski definition) is 1. The van der Waals surface area contributed by atoms with Crippen LogP contribution >= 0.6 is 11.6 Å². The van der Waals surface area contributed by atoms with E-state index in [1.165, 1.54) is 31.3 Å². The Bertz CT molecular complexity index is 1200. The van der Waals surface area contributed by atoms with Crippen LogP contribution in [0.15, 0.2) is 42.5 Å². The third-order valence-electron chi connectivity index (χ3n) is 5.24. The minimum atomic E-state index is -3.88. The lowest BCUT2D eigenvalue weighted by molar-refractivity contribution is -0.140. The highest BCUT2D eigenvalue weighted by Gasteiger charge is 2.31. The zero-order valence-corrected chi connectivity index (χ0v) is 23.2. The highest BCUT2D eigenvalue weighted by Crippen LogP contribution is 2.32. The third kappa shape index (κ3) is 8.03. The van der Waals surface area contributed by atoms with E-state index in [1.54, 1.807) is 37.3 Å². The maximum Gasteiger partial charge on any atom is 0.244 e. The highest BCUT2D eigenvalue weighted by atomic mass is 35.5. The molecule has 0 aliphatic rings. The molecule has 0 saturated heterocycles. The Labute approximate surface area is 218 Å². The van der Waals surface area contributed by atoms with Gasteiger partial charge in [-0.1, -0.05) is 23.7 Å². The zero-order valence-electron chi connectivity index (χ0n) is 21.7. The van der Waals surface area contributed by atoms with Gasteiger partial charge in [0.15, 0.2) is 11.5 Å². The number of carbonyl (C=O) groups is 2. The summed E-state index contributed by atoms with van der Waals surface area (Å²) in [6.07, 6.45) is 1.01. The maximum atomic E-state index is 13.6. The standard InChI is InChI=1S/C25H34ClN3O6S/c1-17(24(31)27-25(2,3)4)28(15-18-9-8-10-19(26)13-18)23(30)16-29(36(7,32)33)20-11-12-21(34-5)22(14-20)35-6/h8-14,17H,15-16H2,1-7H3,(H,27,31)/t17-/m1/s1. The summed E-state index contributed by atoms with van der Waals surface area (Å²) in [6.45, 7) is 6.64. The normalized spacial score (nSPS) is 12.4. The van der Waals surface area contributed by atoms with E-state index >= 15 is 0 Å². The van der Waals surface area contributed by atoms with Gasteiger partial charge in [-0.3, -0.25) is 13.9 Å². The van der Waals surface area contributed by atoms with Crippen LogP contribution in [-0.2, 0) is 26.2 Å². The molecule has 0 spiro atoms. The van der Waals surface area contributed by atoms with Gasteiger partial charge in [0.25, 0.3) is 0 Å². The van der Waals surface area contributed by atoms with Crippen molar-refractivity contribution in [1.82, 2.24) is 10.2 Å². The van der Waals surface area contributed by atoms with Crippen molar-refractivity contribution in [1.29, 1.82) is 0 Å². The first-order valence-corrected chi connectivity index (χ1v) is 13.4. The zero-order chi connectivity index (χ0) is 27.3. The fourth-order valence-corrected chi connectivity index (χ4v) is 4.54. The lowest BCUT2D eigenvalue weighted by Gasteiger charge is -2.33. The molecule has 9 nitrogen and oxygen atoms in total. The number of halogens is 1. The SMILES string of the molecule is COc1ccc(N(CC(=O)N(Cc2cccc(Cl)c2)[C@H](C)C(=O)NC(C)(C)C)S(C)(=O)=O)cc1OC. The van der Waals surface area contributed by atoms with Crippen molar-refractivity contribution in [2.45, 2.75) is 45.8 Å². The maximum absolute atomic E-state index is 13.6. The second kappa shape index (κ2) is 11.8. The molecule has 198 valence electrons. The van der Waals surface area contributed by atoms with Gasteiger partial charge in [0.1, 0.15) is 12.6 Å². The first kappa shape index (κ1) is 29.3. The van der Waals surface area contributed by atoms with Crippen molar-refractivity contribution < 1.29 is 27.5 Å². The van der Waals surface area contributed by atoms with Gasteiger partial charge in [0, 0.05) is 23.2 Å². The molecule has 0 aliphatic carbocycles. The second-order valence-electron chi connectivity index (χ2n) is 9.38. The lowest BCUT2D eigenvalue weighted by Crippen LogP contribution is -2.54. The minimum Gasteiger partial charge on any atom is -0.493 e. The van der Waals surface area contributed by atoms with Crippen LogP contribution < -0.4 is 19.1 Å². The van der Waals surface area contributed by atoms with Gasteiger partial charge in [-0.15, -0.1) is 0 Å². The number of nitrogens with zero attached hydrogens (tertiary/aromatic N) is 2. The molecular weight excluding hydrogens is 506 g/mol. The molecular formula is C25H34ClN3O6S. The number of rotatable bonds is 10. The van der Waals surface area contributed by atoms with E-state index in [1.807, 2.05) is 20.8 Å². The van der Waals surface area contributed by atoms with Crippen LogP contribution in [0, 0.1) is 0 Å². The number of hydrogen-bond acceptors (Lipinski definition) is 6. The van der Waals surface area contributed by atoms with E-state index < -0.39 is 34.1 Å². The van der Waals surface area contributed by atoms with E-state index in [0.29, 0.717) is 22.1 Å². The van der Waals surface area contributed by atoms with Crippen LogP contribution in [0.3, 0.4) is 0 Å². The largest absolute Gasteiger partial charge is 0.493 e. The van der Waals surface area contributed by atoms with E-state index in [2.05, 4.69) is 5.32 Å². The minimum absolute atomic E-state index is 0.0572. The average molecular weight is 540 g/mol. The van der Waals surface area contributed by atoms with E-state index in [-0.39, 0.29) is 18.1 Å². The first-order chi connectivity index (χ1) is 16.7. The van der Waals surface area contributed by atoms with Crippen LogP contribution in [0.5, 0.6) is 11.5 Å². The molecule has 11 heteroatoms. The Morgan fingerprint density at radius 1 is 1.06 bits per heavy atom. The molecule has 0 aromatic heterocycles. The van der Waals surface area contributed by atoms with Crippen molar-refractivity contribution >= 4 is 39.1 Å². The third-order valence-corrected chi connectivity index (χ3v) is 6.62. The Hall–Kier alpha value is -2.98.